The van der Waals surface area contributed by atoms with Crippen LogP contribution in [0.3, 0.4) is 0 Å². The molecule has 0 radical (unpaired) electrons. The summed E-state index contributed by atoms with van der Waals surface area (Å²) >= 11 is 0. The molecule has 1 aliphatic carbocycles. The van der Waals surface area contributed by atoms with Gasteiger partial charge in [0.25, 0.3) is 0 Å². The van der Waals surface area contributed by atoms with E-state index in [0.29, 0.717) is 12.5 Å². The molecule has 0 amide bonds. The number of ether oxygens (including phenoxy) is 2. The first-order chi connectivity index (χ1) is 8.69. The van der Waals surface area contributed by atoms with Gasteiger partial charge in [0.1, 0.15) is 5.54 Å². The summed E-state index contributed by atoms with van der Waals surface area (Å²) in [5.41, 5.74) is -0.470. The van der Waals surface area contributed by atoms with Crippen LogP contribution in [-0.4, -0.2) is 37.4 Å². The van der Waals surface area contributed by atoms with E-state index < -0.39 is 5.54 Å². The summed E-state index contributed by atoms with van der Waals surface area (Å²) < 4.78 is 10.9. The maximum atomic E-state index is 12.3. The van der Waals surface area contributed by atoms with E-state index in [1.54, 1.807) is 0 Å². The molecule has 1 heterocycles. The number of esters is 1. The Balaban J connectivity index is 1.97. The summed E-state index contributed by atoms with van der Waals surface area (Å²) in [6, 6.07) is 0. The Kier molecular flexibility index (Phi) is 4.62. The minimum Gasteiger partial charge on any atom is -0.465 e. The summed E-state index contributed by atoms with van der Waals surface area (Å²) in [6.45, 7) is 6.09. The average Bonchev–Trinajstić information content (AvgIpc) is 2.97. The van der Waals surface area contributed by atoms with E-state index in [0.717, 1.165) is 45.3 Å². The van der Waals surface area contributed by atoms with Crippen molar-refractivity contribution in [3.05, 3.63) is 0 Å². The molecule has 4 nitrogen and oxygen atoms in total. The monoisotopic (exact) mass is 255 g/mol. The summed E-state index contributed by atoms with van der Waals surface area (Å²) in [7, 11) is 0. The van der Waals surface area contributed by atoms with Gasteiger partial charge in [-0.25, -0.2) is 0 Å². The fraction of sp³-hybridized carbons (Fsp3) is 0.929. The highest BCUT2D eigenvalue weighted by atomic mass is 16.5. The third-order valence-corrected chi connectivity index (χ3v) is 4.36. The third kappa shape index (κ3) is 2.69. The number of carbonyl (C=O) groups excluding carboxylic acids is 1. The van der Waals surface area contributed by atoms with E-state index >= 15 is 0 Å². The Labute approximate surface area is 109 Å². The van der Waals surface area contributed by atoms with Crippen molar-refractivity contribution < 1.29 is 14.3 Å². The minimum absolute atomic E-state index is 0.0759. The van der Waals surface area contributed by atoms with Crippen LogP contribution < -0.4 is 5.32 Å². The molecule has 2 rings (SSSR count). The number of hydrogen-bond acceptors (Lipinski definition) is 4. The molecule has 0 aromatic rings. The van der Waals surface area contributed by atoms with Crippen LogP contribution in [0.25, 0.3) is 0 Å². The smallest absolute Gasteiger partial charge is 0.326 e. The standard InChI is InChI=1S/C14H25NO3/c1-3-17-13(16)14(8-4-6-11(14)2)15-10-12-7-5-9-18-12/h11-12,15H,3-10H2,1-2H3. The molecule has 104 valence electrons. The quantitative estimate of drug-likeness (QED) is 0.762. The molecule has 18 heavy (non-hydrogen) atoms. The Bertz CT molecular complexity index is 289. The van der Waals surface area contributed by atoms with E-state index in [1.165, 1.54) is 0 Å². The van der Waals surface area contributed by atoms with Gasteiger partial charge in [-0.05, 0) is 38.5 Å². The van der Waals surface area contributed by atoms with E-state index in [2.05, 4.69) is 12.2 Å². The lowest BCUT2D eigenvalue weighted by Crippen LogP contribution is -2.56. The number of hydrogen-bond donors (Lipinski definition) is 1. The van der Waals surface area contributed by atoms with E-state index in [1.807, 2.05) is 6.92 Å². The predicted molar refractivity (Wildman–Crippen MR) is 69.4 cm³/mol. The lowest BCUT2D eigenvalue weighted by Gasteiger charge is -2.33. The average molecular weight is 255 g/mol. The SMILES string of the molecule is CCOC(=O)C1(NCC2CCCO2)CCCC1C. The first kappa shape index (κ1) is 13.8. The van der Waals surface area contributed by atoms with Crippen molar-refractivity contribution in [3.63, 3.8) is 0 Å². The number of nitrogens with one attached hydrogen (secondary N) is 1. The largest absolute Gasteiger partial charge is 0.465 e. The Hall–Kier alpha value is -0.610. The predicted octanol–water partition coefficient (Wildman–Crippen LogP) is 1.88. The van der Waals surface area contributed by atoms with Gasteiger partial charge in [0.15, 0.2) is 0 Å². The molecule has 1 aliphatic heterocycles. The second kappa shape index (κ2) is 6.02. The van der Waals surface area contributed by atoms with Crippen molar-refractivity contribution in [3.8, 4) is 0 Å². The van der Waals surface area contributed by atoms with Crippen LogP contribution in [0.2, 0.25) is 0 Å². The molecule has 3 unspecified atom stereocenters. The number of rotatable bonds is 5. The Morgan fingerprint density at radius 3 is 2.83 bits per heavy atom. The van der Waals surface area contributed by atoms with Crippen LogP contribution in [0.1, 0.15) is 46.0 Å². The van der Waals surface area contributed by atoms with Gasteiger partial charge in [-0.2, -0.15) is 0 Å². The molecule has 2 aliphatic rings. The van der Waals surface area contributed by atoms with Crippen LogP contribution in [0, 0.1) is 5.92 Å². The summed E-state index contributed by atoms with van der Waals surface area (Å²) in [5.74, 6) is 0.269. The van der Waals surface area contributed by atoms with Crippen LogP contribution in [0.15, 0.2) is 0 Å². The van der Waals surface area contributed by atoms with E-state index in [9.17, 15) is 4.79 Å². The highest BCUT2D eigenvalue weighted by Gasteiger charge is 2.48. The van der Waals surface area contributed by atoms with Gasteiger partial charge in [-0.3, -0.25) is 10.1 Å². The first-order valence-electron chi connectivity index (χ1n) is 7.23. The van der Waals surface area contributed by atoms with E-state index in [4.69, 9.17) is 9.47 Å². The summed E-state index contributed by atoms with van der Waals surface area (Å²) in [4.78, 5) is 12.3. The molecule has 0 spiro atoms. The van der Waals surface area contributed by atoms with Gasteiger partial charge < -0.3 is 9.47 Å². The maximum absolute atomic E-state index is 12.3. The molecule has 0 bridgehead atoms. The van der Waals surface area contributed by atoms with Crippen molar-refractivity contribution >= 4 is 5.97 Å². The van der Waals surface area contributed by atoms with Crippen molar-refractivity contribution in [2.24, 2.45) is 5.92 Å². The van der Waals surface area contributed by atoms with Crippen molar-refractivity contribution in [2.45, 2.75) is 57.6 Å². The molecule has 3 atom stereocenters. The third-order valence-electron chi connectivity index (χ3n) is 4.36. The van der Waals surface area contributed by atoms with E-state index in [-0.39, 0.29) is 12.1 Å². The molecule has 1 saturated carbocycles. The molecule has 4 heteroatoms. The second-order valence-corrected chi connectivity index (χ2v) is 5.50. The first-order valence-corrected chi connectivity index (χ1v) is 7.23. The van der Waals surface area contributed by atoms with Crippen molar-refractivity contribution in [1.82, 2.24) is 5.32 Å². The van der Waals surface area contributed by atoms with Crippen LogP contribution in [0.4, 0.5) is 0 Å². The molecule has 1 N–H and O–H groups in total. The summed E-state index contributed by atoms with van der Waals surface area (Å²) in [6.07, 6.45) is 5.58. The van der Waals surface area contributed by atoms with Crippen molar-refractivity contribution in [2.75, 3.05) is 19.8 Å². The Morgan fingerprint density at radius 2 is 2.28 bits per heavy atom. The van der Waals surface area contributed by atoms with Gasteiger partial charge in [0, 0.05) is 13.2 Å². The topological polar surface area (TPSA) is 47.6 Å². The number of carbonyl (C=O) groups is 1. The highest BCUT2D eigenvalue weighted by Crippen LogP contribution is 2.36. The van der Waals surface area contributed by atoms with Crippen molar-refractivity contribution in [1.29, 1.82) is 0 Å². The van der Waals surface area contributed by atoms with Crippen LogP contribution >= 0.6 is 0 Å². The molecule has 2 fully saturated rings. The van der Waals surface area contributed by atoms with Crippen LogP contribution in [-0.2, 0) is 14.3 Å². The normalized spacial score (nSPS) is 35.9. The zero-order valence-corrected chi connectivity index (χ0v) is 11.5. The zero-order chi connectivity index (χ0) is 13.0. The molecular weight excluding hydrogens is 230 g/mol. The lowest BCUT2D eigenvalue weighted by atomic mass is 9.88. The van der Waals surface area contributed by atoms with Gasteiger partial charge in [0.2, 0.25) is 0 Å². The fourth-order valence-electron chi connectivity index (χ4n) is 3.18. The fourth-order valence-corrected chi connectivity index (χ4v) is 3.18. The summed E-state index contributed by atoms with van der Waals surface area (Å²) in [5, 5.41) is 3.47. The molecule has 1 saturated heterocycles. The second-order valence-electron chi connectivity index (χ2n) is 5.50. The Morgan fingerprint density at radius 1 is 1.44 bits per heavy atom. The molecular formula is C14H25NO3. The highest BCUT2D eigenvalue weighted by molar-refractivity contribution is 5.81. The van der Waals surface area contributed by atoms with Gasteiger partial charge >= 0.3 is 5.97 Å². The zero-order valence-electron chi connectivity index (χ0n) is 11.5. The van der Waals surface area contributed by atoms with Gasteiger partial charge in [0.05, 0.1) is 12.7 Å². The molecule has 0 aromatic carbocycles. The van der Waals surface area contributed by atoms with Gasteiger partial charge in [-0.1, -0.05) is 13.3 Å². The molecule has 0 aromatic heterocycles. The van der Waals surface area contributed by atoms with Gasteiger partial charge in [-0.15, -0.1) is 0 Å². The maximum Gasteiger partial charge on any atom is 0.326 e. The minimum atomic E-state index is -0.470. The van der Waals surface area contributed by atoms with Crippen LogP contribution in [0.5, 0.6) is 0 Å². The lowest BCUT2D eigenvalue weighted by molar-refractivity contribution is -0.153.